The molecule has 0 aromatic heterocycles. The van der Waals surface area contributed by atoms with E-state index in [1.54, 1.807) is 0 Å². The van der Waals surface area contributed by atoms with E-state index in [2.05, 4.69) is 58.2 Å². The van der Waals surface area contributed by atoms with Crippen LogP contribution in [0.15, 0.2) is 22.7 Å². The van der Waals surface area contributed by atoms with Crippen molar-refractivity contribution in [2.24, 2.45) is 5.92 Å². The number of aliphatic hydroxyl groups excluding tert-OH is 1. The average molecular weight is 355 g/mol. The first-order valence-electron chi connectivity index (χ1n) is 8.04. The quantitative estimate of drug-likeness (QED) is 0.817. The molecule has 0 radical (unpaired) electrons. The predicted octanol–water partition coefficient (Wildman–Crippen LogP) is 3.72. The highest BCUT2D eigenvalue weighted by molar-refractivity contribution is 9.10. The van der Waals surface area contributed by atoms with Crippen molar-refractivity contribution in [3.8, 4) is 0 Å². The Morgan fingerprint density at radius 2 is 2.10 bits per heavy atom. The molecule has 3 nitrogen and oxygen atoms in total. The Labute approximate surface area is 136 Å². The second-order valence-corrected chi connectivity index (χ2v) is 6.91. The van der Waals surface area contributed by atoms with Crippen LogP contribution < -0.4 is 10.2 Å². The Balaban J connectivity index is 2.15. The molecular weight excluding hydrogens is 328 g/mol. The summed E-state index contributed by atoms with van der Waals surface area (Å²) in [4.78, 5) is 2.47. The molecule has 0 spiro atoms. The summed E-state index contributed by atoms with van der Waals surface area (Å²) in [6.07, 6.45) is 3.32. The van der Waals surface area contributed by atoms with Gasteiger partial charge in [0.05, 0.1) is 0 Å². The molecule has 1 aromatic carbocycles. The van der Waals surface area contributed by atoms with Crippen LogP contribution in [0.1, 0.15) is 44.7 Å². The van der Waals surface area contributed by atoms with E-state index in [1.807, 2.05) is 0 Å². The summed E-state index contributed by atoms with van der Waals surface area (Å²) in [6, 6.07) is 6.95. The van der Waals surface area contributed by atoms with Gasteiger partial charge in [0.2, 0.25) is 0 Å². The summed E-state index contributed by atoms with van der Waals surface area (Å²) in [5, 5.41) is 12.9. The molecule has 4 heteroatoms. The van der Waals surface area contributed by atoms with Crippen LogP contribution in [0.25, 0.3) is 0 Å². The average Bonchev–Trinajstić information content (AvgIpc) is 2.52. The molecule has 1 saturated heterocycles. The van der Waals surface area contributed by atoms with Gasteiger partial charge in [-0.1, -0.05) is 28.9 Å². The van der Waals surface area contributed by atoms with Crippen LogP contribution in [0, 0.1) is 5.92 Å². The molecule has 1 heterocycles. The van der Waals surface area contributed by atoms with Crippen molar-refractivity contribution in [3.63, 3.8) is 0 Å². The van der Waals surface area contributed by atoms with Crippen molar-refractivity contribution < 1.29 is 5.11 Å². The second-order valence-electron chi connectivity index (χ2n) is 5.99. The molecule has 1 aliphatic heterocycles. The van der Waals surface area contributed by atoms with Gasteiger partial charge in [-0.2, -0.15) is 0 Å². The topological polar surface area (TPSA) is 35.5 Å². The van der Waals surface area contributed by atoms with Gasteiger partial charge in [0.15, 0.2) is 0 Å². The molecule has 2 N–H and O–H groups in total. The van der Waals surface area contributed by atoms with Crippen LogP contribution in [0.3, 0.4) is 0 Å². The maximum absolute atomic E-state index is 9.30. The Morgan fingerprint density at radius 1 is 1.38 bits per heavy atom. The van der Waals surface area contributed by atoms with E-state index in [1.165, 1.54) is 11.3 Å². The Kier molecular flexibility index (Phi) is 6.52. The number of benzene rings is 1. The molecule has 0 aliphatic carbocycles. The molecule has 1 unspecified atom stereocenters. The zero-order chi connectivity index (χ0) is 15.2. The van der Waals surface area contributed by atoms with E-state index in [4.69, 9.17) is 0 Å². The van der Waals surface area contributed by atoms with Gasteiger partial charge in [-0.3, -0.25) is 0 Å². The summed E-state index contributed by atoms with van der Waals surface area (Å²) in [5.41, 5.74) is 2.70. The number of anilines is 1. The van der Waals surface area contributed by atoms with Crippen molar-refractivity contribution in [3.05, 3.63) is 28.2 Å². The Hall–Kier alpha value is -0.580. The van der Waals surface area contributed by atoms with Crippen LogP contribution in [0.4, 0.5) is 5.69 Å². The monoisotopic (exact) mass is 354 g/mol. The molecule has 0 amide bonds. The normalized spacial score (nSPS) is 18.0. The minimum atomic E-state index is 0.327. The lowest BCUT2D eigenvalue weighted by molar-refractivity contribution is 0.203. The van der Waals surface area contributed by atoms with Crippen molar-refractivity contribution in [1.29, 1.82) is 0 Å². The van der Waals surface area contributed by atoms with Crippen molar-refractivity contribution in [1.82, 2.24) is 5.32 Å². The third-order valence-electron chi connectivity index (χ3n) is 4.37. The number of nitrogens with zero attached hydrogens (tertiary/aromatic N) is 1. The van der Waals surface area contributed by atoms with E-state index in [-0.39, 0.29) is 0 Å². The molecule has 21 heavy (non-hydrogen) atoms. The molecule has 0 saturated carbocycles. The highest BCUT2D eigenvalue weighted by Crippen LogP contribution is 2.32. The molecule has 1 atom stereocenters. The summed E-state index contributed by atoms with van der Waals surface area (Å²) < 4.78 is 1.13. The van der Waals surface area contributed by atoms with Gasteiger partial charge >= 0.3 is 0 Å². The van der Waals surface area contributed by atoms with E-state index < -0.39 is 0 Å². The van der Waals surface area contributed by atoms with Gasteiger partial charge in [-0.05, 0) is 56.3 Å². The number of piperidine rings is 1. The highest BCUT2D eigenvalue weighted by atomic mass is 79.9. The molecule has 0 bridgehead atoms. The predicted molar refractivity (Wildman–Crippen MR) is 92.9 cm³/mol. The number of rotatable bonds is 6. The van der Waals surface area contributed by atoms with Crippen LogP contribution in [0.5, 0.6) is 0 Å². The van der Waals surface area contributed by atoms with Crippen molar-refractivity contribution in [2.45, 2.75) is 39.2 Å². The summed E-state index contributed by atoms with van der Waals surface area (Å²) >= 11 is 3.60. The van der Waals surface area contributed by atoms with Crippen LogP contribution in [-0.2, 0) is 0 Å². The van der Waals surface area contributed by atoms with E-state index in [9.17, 15) is 5.11 Å². The number of hydrogen-bond acceptors (Lipinski definition) is 3. The molecular formula is C17H27BrN2O. The fourth-order valence-corrected chi connectivity index (χ4v) is 3.33. The number of halogens is 1. The number of aliphatic hydroxyl groups is 1. The molecule has 118 valence electrons. The SMILES string of the molecule is CCCNC(C)c1ccc(Br)cc1N1CCC(CO)CC1. The fourth-order valence-electron chi connectivity index (χ4n) is 2.98. The maximum Gasteiger partial charge on any atom is 0.0460 e. The molecule has 1 aliphatic rings. The Morgan fingerprint density at radius 3 is 2.71 bits per heavy atom. The first-order chi connectivity index (χ1) is 10.2. The van der Waals surface area contributed by atoms with Gasteiger partial charge in [0.1, 0.15) is 0 Å². The number of hydrogen-bond donors (Lipinski definition) is 2. The molecule has 1 fully saturated rings. The lowest BCUT2D eigenvalue weighted by Crippen LogP contribution is -2.36. The third-order valence-corrected chi connectivity index (χ3v) is 4.87. The lowest BCUT2D eigenvalue weighted by Gasteiger charge is -2.35. The van der Waals surface area contributed by atoms with Crippen molar-refractivity contribution in [2.75, 3.05) is 31.1 Å². The summed E-state index contributed by atoms with van der Waals surface area (Å²) in [7, 11) is 0. The van der Waals surface area contributed by atoms with Gasteiger partial charge < -0.3 is 15.3 Å². The second kappa shape index (κ2) is 8.16. The van der Waals surface area contributed by atoms with Crippen LogP contribution in [0.2, 0.25) is 0 Å². The third kappa shape index (κ3) is 4.44. The number of nitrogens with one attached hydrogen (secondary N) is 1. The minimum Gasteiger partial charge on any atom is -0.396 e. The van der Waals surface area contributed by atoms with Gasteiger partial charge in [0.25, 0.3) is 0 Å². The van der Waals surface area contributed by atoms with E-state index >= 15 is 0 Å². The Bertz CT molecular complexity index is 444. The van der Waals surface area contributed by atoms with Crippen LogP contribution >= 0.6 is 15.9 Å². The highest BCUT2D eigenvalue weighted by Gasteiger charge is 2.22. The first-order valence-corrected chi connectivity index (χ1v) is 8.83. The van der Waals surface area contributed by atoms with Gasteiger partial charge in [-0.25, -0.2) is 0 Å². The van der Waals surface area contributed by atoms with Gasteiger partial charge in [-0.15, -0.1) is 0 Å². The lowest BCUT2D eigenvalue weighted by atomic mass is 9.96. The smallest absolute Gasteiger partial charge is 0.0460 e. The standard InChI is InChI=1S/C17H27BrN2O/c1-3-8-19-13(2)16-5-4-15(18)11-17(16)20-9-6-14(12-21)7-10-20/h4-5,11,13-14,19,21H,3,6-10,12H2,1-2H3. The molecule has 1 aromatic rings. The summed E-state index contributed by atoms with van der Waals surface area (Å²) in [6.45, 7) is 7.88. The van der Waals surface area contributed by atoms with Gasteiger partial charge in [0, 0.05) is 35.9 Å². The first kappa shape index (κ1) is 16.8. The molecule has 2 rings (SSSR count). The summed E-state index contributed by atoms with van der Waals surface area (Å²) in [5.74, 6) is 0.479. The zero-order valence-corrected chi connectivity index (χ0v) is 14.7. The minimum absolute atomic E-state index is 0.327. The maximum atomic E-state index is 9.30. The van der Waals surface area contributed by atoms with Crippen LogP contribution in [-0.4, -0.2) is 31.3 Å². The fraction of sp³-hybridized carbons (Fsp3) is 0.647. The van der Waals surface area contributed by atoms with E-state index in [0.29, 0.717) is 18.6 Å². The largest absolute Gasteiger partial charge is 0.396 e. The zero-order valence-electron chi connectivity index (χ0n) is 13.1. The van der Waals surface area contributed by atoms with E-state index in [0.717, 1.165) is 43.4 Å². The van der Waals surface area contributed by atoms with Crippen molar-refractivity contribution >= 4 is 21.6 Å².